The van der Waals surface area contributed by atoms with Gasteiger partial charge in [-0.1, -0.05) is 6.92 Å². The molecule has 1 unspecified atom stereocenters. The predicted molar refractivity (Wildman–Crippen MR) is 79.4 cm³/mol. The summed E-state index contributed by atoms with van der Waals surface area (Å²) in [7, 11) is 0. The average molecular weight is 264 g/mol. The second kappa shape index (κ2) is 6.58. The normalized spacial score (nSPS) is 19.8. The van der Waals surface area contributed by atoms with Gasteiger partial charge < -0.3 is 14.6 Å². The molecule has 1 aliphatic rings. The molecule has 1 aromatic heterocycles. The number of nitrogens with one attached hydrogen (secondary N) is 1. The molecule has 3 nitrogen and oxygen atoms in total. The zero-order chi connectivity index (χ0) is 13.8. The van der Waals surface area contributed by atoms with Gasteiger partial charge in [-0.05, 0) is 58.7 Å². The van der Waals surface area contributed by atoms with Crippen molar-refractivity contribution in [2.75, 3.05) is 26.2 Å². The molecule has 1 aliphatic heterocycles. The van der Waals surface area contributed by atoms with Gasteiger partial charge >= 0.3 is 0 Å². The second-order valence-electron chi connectivity index (χ2n) is 6.07. The van der Waals surface area contributed by atoms with Crippen LogP contribution in [0.4, 0.5) is 0 Å². The monoisotopic (exact) mass is 264 g/mol. The molecule has 0 bridgehead atoms. The zero-order valence-corrected chi connectivity index (χ0v) is 12.8. The van der Waals surface area contributed by atoms with Crippen LogP contribution in [0.2, 0.25) is 0 Å². The smallest absolute Gasteiger partial charge is 0.105 e. The number of hydrogen-bond donors (Lipinski definition) is 1. The summed E-state index contributed by atoms with van der Waals surface area (Å²) in [6.45, 7) is 13.4. The van der Waals surface area contributed by atoms with Gasteiger partial charge in [0.15, 0.2) is 0 Å². The maximum absolute atomic E-state index is 5.59. The molecule has 108 valence electrons. The van der Waals surface area contributed by atoms with Crippen LogP contribution in [-0.2, 0) is 0 Å². The maximum Gasteiger partial charge on any atom is 0.105 e. The Hall–Kier alpha value is -0.800. The van der Waals surface area contributed by atoms with E-state index in [9.17, 15) is 0 Å². The van der Waals surface area contributed by atoms with E-state index in [-0.39, 0.29) is 0 Å². The first-order valence-electron chi connectivity index (χ1n) is 7.59. The van der Waals surface area contributed by atoms with Crippen LogP contribution < -0.4 is 5.32 Å². The van der Waals surface area contributed by atoms with Crippen molar-refractivity contribution in [1.82, 2.24) is 10.2 Å². The van der Waals surface area contributed by atoms with Crippen LogP contribution in [0.1, 0.15) is 49.8 Å². The van der Waals surface area contributed by atoms with Crippen molar-refractivity contribution in [2.24, 2.45) is 5.92 Å². The fourth-order valence-electron chi connectivity index (χ4n) is 2.92. The highest BCUT2D eigenvalue weighted by Gasteiger charge is 2.16. The number of nitrogens with zero attached hydrogens (tertiary/aromatic N) is 1. The minimum Gasteiger partial charge on any atom is -0.466 e. The summed E-state index contributed by atoms with van der Waals surface area (Å²) in [6, 6.07) is 2.52. The molecule has 0 amide bonds. The topological polar surface area (TPSA) is 28.4 Å². The summed E-state index contributed by atoms with van der Waals surface area (Å²) in [5.41, 5.74) is 1.30. The molecule has 0 aliphatic carbocycles. The Morgan fingerprint density at radius 1 is 1.37 bits per heavy atom. The Kier molecular flexibility index (Phi) is 5.06. The van der Waals surface area contributed by atoms with E-state index < -0.39 is 0 Å². The standard InChI is InChI=1S/C16H28N2O/c1-12-5-8-18(9-6-12)10-7-17-14(3)16-11-13(2)19-15(16)4/h11-12,14,17H,5-10H2,1-4H3. The Morgan fingerprint density at radius 3 is 2.63 bits per heavy atom. The molecule has 1 N–H and O–H groups in total. The van der Waals surface area contributed by atoms with Gasteiger partial charge in [0.2, 0.25) is 0 Å². The molecule has 2 rings (SSSR count). The van der Waals surface area contributed by atoms with E-state index in [2.05, 4.69) is 30.1 Å². The number of furan rings is 1. The van der Waals surface area contributed by atoms with Gasteiger partial charge in [-0.2, -0.15) is 0 Å². The van der Waals surface area contributed by atoms with Crippen LogP contribution in [0.5, 0.6) is 0 Å². The van der Waals surface area contributed by atoms with Crippen molar-refractivity contribution in [3.8, 4) is 0 Å². The Balaban J connectivity index is 1.72. The summed E-state index contributed by atoms with van der Waals surface area (Å²) in [6.07, 6.45) is 2.71. The molecule has 2 heterocycles. The fourth-order valence-corrected chi connectivity index (χ4v) is 2.92. The molecule has 19 heavy (non-hydrogen) atoms. The van der Waals surface area contributed by atoms with E-state index in [1.807, 2.05) is 13.8 Å². The number of piperidine rings is 1. The molecule has 0 aromatic carbocycles. The lowest BCUT2D eigenvalue weighted by molar-refractivity contribution is 0.191. The molecule has 3 heteroatoms. The minimum atomic E-state index is 0.376. The number of hydrogen-bond acceptors (Lipinski definition) is 3. The molecule has 0 spiro atoms. The molecule has 1 atom stereocenters. The molecule has 1 aromatic rings. The first kappa shape index (κ1) is 14.6. The van der Waals surface area contributed by atoms with Gasteiger partial charge in [0.1, 0.15) is 11.5 Å². The van der Waals surface area contributed by atoms with Crippen LogP contribution in [0, 0.1) is 19.8 Å². The molecular formula is C16H28N2O. The summed E-state index contributed by atoms with van der Waals surface area (Å²) in [5, 5.41) is 3.61. The molecule has 1 fully saturated rings. The number of rotatable bonds is 5. The van der Waals surface area contributed by atoms with E-state index in [0.717, 1.165) is 30.5 Å². The fraction of sp³-hybridized carbons (Fsp3) is 0.750. The average Bonchev–Trinajstić information content (AvgIpc) is 2.71. The van der Waals surface area contributed by atoms with Gasteiger partial charge in [-0.3, -0.25) is 0 Å². The lowest BCUT2D eigenvalue weighted by Gasteiger charge is -2.30. The van der Waals surface area contributed by atoms with Crippen LogP contribution >= 0.6 is 0 Å². The van der Waals surface area contributed by atoms with E-state index in [1.165, 1.54) is 31.5 Å². The number of likely N-dealkylation sites (tertiary alicyclic amines) is 1. The maximum atomic E-state index is 5.59. The molecule has 1 saturated heterocycles. The van der Waals surface area contributed by atoms with Gasteiger partial charge in [0.25, 0.3) is 0 Å². The summed E-state index contributed by atoms with van der Waals surface area (Å²) in [4.78, 5) is 2.58. The van der Waals surface area contributed by atoms with Crippen molar-refractivity contribution in [3.05, 3.63) is 23.2 Å². The van der Waals surface area contributed by atoms with Crippen molar-refractivity contribution in [3.63, 3.8) is 0 Å². The van der Waals surface area contributed by atoms with Gasteiger partial charge in [-0.25, -0.2) is 0 Å². The third-order valence-corrected chi connectivity index (χ3v) is 4.30. The SMILES string of the molecule is Cc1cc(C(C)NCCN2CCC(C)CC2)c(C)o1. The van der Waals surface area contributed by atoms with Crippen LogP contribution in [-0.4, -0.2) is 31.1 Å². The lowest BCUT2D eigenvalue weighted by atomic mass is 9.99. The highest BCUT2D eigenvalue weighted by Crippen LogP contribution is 2.21. The quantitative estimate of drug-likeness (QED) is 0.884. The second-order valence-corrected chi connectivity index (χ2v) is 6.07. The van der Waals surface area contributed by atoms with E-state index in [1.54, 1.807) is 0 Å². The van der Waals surface area contributed by atoms with Gasteiger partial charge in [-0.15, -0.1) is 0 Å². The van der Waals surface area contributed by atoms with Gasteiger partial charge in [0.05, 0.1) is 0 Å². The summed E-state index contributed by atoms with van der Waals surface area (Å²) in [5.74, 6) is 2.97. The first-order valence-corrected chi connectivity index (χ1v) is 7.59. The Morgan fingerprint density at radius 2 is 2.05 bits per heavy atom. The van der Waals surface area contributed by atoms with Crippen molar-refractivity contribution >= 4 is 0 Å². The van der Waals surface area contributed by atoms with E-state index >= 15 is 0 Å². The highest BCUT2D eigenvalue weighted by atomic mass is 16.3. The van der Waals surface area contributed by atoms with Crippen LogP contribution in [0.3, 0.4) is 0 Å². The minimum absolute atomic E-state index is 0.376. The third kappa shape index (κ3) is 4.08. The van der Waals surface area contributed by atoms with Crippen LogP contribution in [0.25, 0.3) is 0 Å². The van der Waals surface area contributed by atoms with E-state index in [4.69, 9.17) is 4.42 Å². The Labute approximate surface area is 117 Å². The van der Waals surface area contributed by atoms with Crippen molar-refractivity contribution in [1.29, 1.82) is 0 Å². The molecular weight excluding hydrogens is 236 g/mol. The predicted octanol–water partition coefficient (Wildman–Crippen LogP) is 3.28. The highest BCUT2D eigenvalue weighted by molar-refractivity contribution is 5.23. The largest absolute Gasteiger partial charge is 0.466 e. The summed E-state index contributed by atoms with van der Waals surface area (Å²) >= 11 is 0. The number of aryl methyl sites for hydroxylation is 2. The third-order valence-electron chi connectivity index (χ3n) is 4.30. The molecule has 0 radical (unpaired) electrons. The van der Waals surface area contributed by atoms with Crippen molar-refractivity contribution < 1.29 is 4.42 Å². The van der Waals surface area contributed by atoms with E-state index in [0.29, 0.717) is 6.04 Å². The van der Waals surface area contributed by atoms with Crippen LogP contribution in [0.15, 0.2) is 10.5 Å². The summed E-state index contributed by atoms with van der Waals surface area (Å²) < 4.78 is 5.59. The molecule has 0 saturated carbocycles. The zero-order valence-electron chi connectivity index (χ0n) is 12.8. The Bertz CT molecular complexity index is 391. The first-order chi connectivity index (χ1) is 9.06. The van der Waals surface area contributed by atoms with Crippen molar-refractivity contribution in [2.45, 2.75) is 46.6 Å². The lowest BCUT2D eigenvalue weighted by Crippen LogP contribution is -2.38. The van der Waals surface area contributed by atoms with Gasteiger partial charge in [0, 0.05) is 24.7 Å².